The molecule has 0 atom stereocenters. The van der Waals surface area contributed by atoms with Gasteiger partial charge < -0.3 is 10.4 Å². The molecule has 1 saturated carbocycles. The Labute approximate surface area is 124 Å². The molecule has 116 valence electrons. The van der Waals surface area contributed by atoms with Crippen molar-refractivity contribution in [1.82, 2.24) is 15.1 Å². The van der Waals surface area contributed by atoms with E-state index in [0.29, 0.717) is 19.4 Å². The van der Waals surface area contributed by atoms with Crippen LogP contribution in [-0.4, -0.2) is 26.8 Å². The van der Waals surface area contributed by atoms with Crippen LogP contribution in [0.25, 0.3) is 0 Å². The highest BCUT2D eigenvalue weighted by molar-refractivity contribution is 5.84. The van der Waals surface area contributed by atoms with E-state index in [4.69, 9.17) is 0 Å². The lowest BCUT2D eigenvalue weighted by atomic mass is 9.77. The van der Waals surface area contributed by atoms with Crippen LogP contribution < -0.4 is 5.32 Å². The summed E-state index contributed by atoms with van der Waals surface area (Å²) in [4.78, 5) is 23.8. The van der Waals surface area contributed by atoms with Gasteiger partial charge in [-0.05, 0) is 18.9 Å². The Kier molecular flexibility index (Phi) is 4.98. The standard InChI is InChI=1S/C15H23N3O3/c1-18-9-6-12(17-18)11-16-13(19)10-15(14(20)21)7-4-2-3-5-8-15/h6,9H,2-5,7-8,10-11H2,1H3,(H,16,19)(H,20,21). The van der Waals surface area contributed by atoms with E-state index in [9.17, 15) is 14.7 Å². The van der Waals surface area contributed by atoms with Crippen molar-refractivity contribution in [2.24, 2.45) is 12.5 Å². The average Bonchev–Trinajstić information content (AvgIpc) is 2.71. The molecule has 0 bridgehead atoms. The molecule has 6 nitrogen and oxygen atoms in total. The van der Waals surface area contributed by atoms with E-state index < -0.39 is 11.4 Å². The fourth-order valence-corrected chi connectivity index (χ4v) is 2.99. The monoisotopic (exact) mass is 293 g/mol. The van der Waals surface area contributed by atoms with Gasteiger partial charge in [0.05, 0.1) is 17.7 Å². The zero-order valence-corrected chi connectivity index (χ0v) is 12.5. The van der Waals surface area contributed by atoms with E-state index in [0.717, 1.165) is 31.4 Å². The highest BCUT2D eigenvalue weighted by Gasteiger charge is 2.40. The predicted octanol–water partition coefficient (Wildman–Crippen LogP) is 1.85. The first kappa shape index (κ1) is 15.5. The van der Waals surface area contributed by atoms with Crippen LogP contribution in [0.3, 0.4) is 0 Å². The van der Waals surface area contributed by atoms with Gasteiger partial charge in [-0.15, -0.1) is 0 Å². The van der Waals surface area contributed by atoms with E-state index in [2.05, 4.69) is 10.4 Å². The third-order valence-electron chi connectivity index (χ3n) is 4.25. The second kappa shape index (κ2) is 6.74. The molecule has 0 unspecified atom stereocenters. The number of hydrogen-bond acceptors (Lipinski definition) is 3. The van der Waals surface area contributed by atoms with E-state index in [1.165, 1.54) is 0 Å². The lowest BCUT2D eigenvalue weighted by Gasteiger charge is -2.27. The van der Waals surface area contributed by atoms with Gasteiger partial charge in [0.2, 0.25) is 5.91 Å². The van der Waals surface area contributed by atoms with Crippen LogP contribution in [0.15, 0.2) is 12.3 Å². The Hall–Kier alpha value is -1.85. The summed E-state index contributed by atoms with van der Waals surface area (Å²) in [5, 5.41) is 16.5. The Balaban J connectivity index is 1.93. The van der Waals surface area contributed by atoms with Crippen LogP contribution in [0.1, 0.15) is 50.6 Å². The number of carboxylic acids is 1. The van der Waals surface area contributed by atoms with Gasteiger partial charge in [-0.2, -0.15) is 5.10 Å². The van der Waals surface area contributed by atoms with Crippen LogP contribution in [0.2, 0.25) is 0 Å². The number of carbonyl (C=O) groups is 2. The zero-order valence-electron chi connectivity index (χ0n) is 12.5. The molecule has 0 spiro atoms. The average molecular weight is 293 g/mol. The fraction of sp³-hybridized carbons (Fsp3) is 0.667. The zero-order chi connectivity index (χ0) is 15.3. The molecule has 1 fully saturated rings. The van der Waals surface area contributed by atoms with Crippen LogP contribution in [0.4, 0.5) is 0 Å². The summed E-state index contributed by atoms with van der Waals surface area (Å²) >= 11 is 0. The SMILES string of the molecule is Cn1ccc(CNC(=O)CC2(C(=O)O)CCCCCC2)n1. The van der Waals surface area contributed by atoms with Gasteiger partial charge in [-0.25, -0.2) is 0 Å². The Morgan fingerprint density at radius 3 is 2.52 bits per heavy atom. The molecule has 2 N–H and O–H groups in total. The van der Waals surface area contributed by atoms with Crippen molar-refractivity contribution in [3.8, 4) is 0 Å². The smallest absolute Gasteiger partial charge is 0.310 e. The van der Waals surface area contributed by atoms with Crippen molar-refractivity contribution in [3.05, 3.63) is 18.0 Å². The van der Waals surface area contributed by atoms with Gasteiger partial charge >= 0.3 is 5.97 Å². The first-order valence-corrected chi connectivity index (χ1v) is 7.50. The largest absolute Gasteiger partial charge is 0.481 e. The maximum absolute atomic E-state index is 12.1. The number of carboxylic acid groups (broad SMARTS) is 1. The van der Waals surface area contributed by atoms with Gasteiger partial charge in [-0.1, -0.05) is 25.7 Å². The minimum atomic E-state index is -0.884. The minimum absolute atomic E-state index is 0.0646. The van der Waals surface area contributed by atoms with E-state index in [1.807, 2.05) is 19.3 Å². The normalized spacial score (nSPS) is 18.0. The number of rotatable bonds is 5. The third kappa shape index (κ3) is 4.06. The highest BCUT2D eigenvalue weighted by Crippen LogP contribution is 2.38. The number of aliphatic carboxylic acids is 1. The summed E-state index contributed by atoms with van der Waals surface area (Å²) in [5.74, 6) is -1.04. The molecule has 0 aliphatic heterocycles. The van der Waals surface area contributed by atoms with Crippen molar-refractivity contribution in [2.75, 3.05) is 0 Å². The number of hydrogen-bond donors (Lipinski definition) is 2. The van der Waals surface area contributed by atoms with Crippen molar-refractivity contribution >= 4 is 11.9 Å². The van der Waals surface area contributed by atoms with Gasteiger partial charge in [0.25, 0.3) is 0 Å². The molecule has 2 rings (SSSR count). The Bertz CT molecular complexity index is 502. The molecule has 0 aromatic carbocycles. The van der Waals surface area contributed by atoms with Crippen LogP contribution >= 0.6 is 0 Å². The van der Waals surface area contributed by atoms with Gasteiger partial charge in [0, 0.05) is 19.7 Å². The quantitative estimate of drug-likeness (QED) is 0.811. The van der Waals surface area contributed by atoms with Crippen molar-refractivity contribution in [3.63, 3.8) is 0 Å². The van der Waals surface area contributed by atoms with E-state index in [1.54, 1.807) is 4.68 Å². The fourth-order valence-electron chi connectivity index (χ4n) is 2.99. The summed E-state index contributed by atoms with van der Waals surface area (Å²) in [7, 11) is 1.82. The van der Waals surface area contributed by atoms with Crippen LogP contribution in [0, 0.1) is 5.41 Å². The molecule has 1 aromatic rings. The van der Waals surface area contributed by atoms with Crippen LogP contribution in [-0.2, 0) is 23.2 Å². The molecule has 1 aromatic heterocycles. The van der Waals surface area contributed by atoms with Gasteiger partial charge in [0.1, 0.15) is 0 Å². The molecule has 1 aliphatic carbocycles. The molecule has 0 saturated heterocycles. The molecule has 6 heteroatoms. The third-order valence-corrected chi connectivity index (χ3v) is 4.25. The summed E-state index contributed by atoms with van der Waals surface area (Å²) in [5.41, 5.74) is -0.110. The van der Waals surface area contributed by atoms with Crippen molar-refractivity contribution in [2.45, 2.75) is 51.5 Å². The minimum Gasteiger partial charge on any atom is -0.481 e. The van der Waals surface area contributed by atoms with Crippen molar-refractivity contribution in [1.29, 1.82) is 0 Å². The van der Waals surface area contributed by atoms with Crippen LogP contribution in [0.5, 0.6) is 0 Å². The summed E-state index contributed by atoms with van der Waals surface area (Å²) < 4.78 is 1.67. The van der Waals surface area contributed by atoms with Gasteiger partial charge in [0.15, 0.2) is 0 Å². The molecular weight excluding hydrogens is 270 g/mol. The first-order valence-electron chi connectivity index (χ1n) is 7.50. The van der Waals surface area contributed by atoms with E-state index >= 15 is 0 Å². The number of nitrogens with one attached hydrogen (secondary N) is 1. The highest BCUT2D eigenvalue weighted by atomic mass is 16.4. The Morgan fingerprint density at radius 2 is 2.00 bits per heavy atom. The maximum atomic E-state index is 12.1. The molecule has 1 amide bonds. The second-order valence-electron chi connectivity index (χ2n) is 5.93. The summed E-state index contributed by atoms with van der Waals surface area (Å²) in [6.07, 6.45) is 6.97. The van der Waals surface area contributed by atoms with Gasteiger partial charge in [-0.3, -0.25) is 14.3 Å². The molecule has 0 radical (unpaired) electrons. The number of nitrogens with zero attached hydrogens (tertiary/aromatic N) is 2. The number of amides is 1. The summed E-state index contributed by atoms with van der Waals surface area (Å²) in [6, 6.07) is 1.83. The molecular formula is C15H23N3O3. The first-order chi connectivity index (χ1) is 10.0. The summed E-state index contributed by atoms with van der Waals surface area (Å²) in [6.45, 7) is 0.343. The predicted molar refractivity (Wildman–Crippen MR) is 77.4 cm³/mol. The lowest BCUT2D eigenvalue weighted by Crippen LogP contribution is -2.37. The number of carbonyl (C=O) groups excluding carboxylic acids is 1. The molecule has 21 heavy (non-hydrogen) atoms. The van der Waals surface area contributed by atoms with E-state index in [-0.39, 0.29) is 12.3 Å². The lowest BCUT2D eigenvalue weighted by molar-refractivity contribution is -0.152. The van der Waals surface area contributed by atoms with Crippen molar-refractivity contribution < 1.29 is 14.7 Å². The number of aryl methyl sites for hydroxylation is 1. The second-order valence-corrected chi connectivity index (χ2v) is 5.93. The molecule has 1 heterocycles. The topological polar surface area (TPSA) is 84.2 Å². The Morgan fingerprint density at radius 1 is 1.33 bits per heavy atom. The number of aromatic nitrogens is 2. The maximum Gasteiger partial charge on any atom is 0.310 e. The molecule has 1 aliphatic rings.